The minimum atomic E-state index is -3.08. The van der Waals surface area contributed by atoms with E-state index in [-0.39, 0.29) is 6.42 Å². The van der Waals surface area contributed by atoms with Crippen LogP contribution in [0.15, 0.2) is 66.7 Å². The molecule has 0 fully saturated rings. The molecule has 0 spiro atoms. The molecule has 0 radical (unpaired) electrons. The molecule has 1 unspecified atom stereocenters. The number of hydrogen-bond acceptors (Lipinski definition) is 4. The molecule has 1 atom stereocenters. The zero-order valence-electron chi connectivity index (χ0n) is 14.1. The minimum absolute atomic E-state index is 0.0343. The zero-order chi connectivity index (χ0) is 18.3. The summed E-state index contributed by atoms with van der Waals surface area (Å²) in [6, 6.07) is 22.7. The maximum atomic E-state index is 9.72. The Balaban J connectivity index is 1.87. The molecule has 0 heterocycles. The Morgan fingerprint density at radius 1 is 0.731 bits per heavy atom. The van der Waals surface area contributed by atoms with Crippen molar-refractivity contribution in [3.05, 3.63) is 72.3 Å². The summed E-state index contributed by atoms with van der Waals surface area (Å²) in [5.41, 5.74) is 0.992. The third-order valence-corrected chi connectivity index (χ3v) is 4.95. The highest BCUT2D eigenvalue weighted by Gasteiger charge is 2.29. The fourth-order valence-electron chi connectivity index (χ4n) is 3.57. The number of rotatable bonds is 4. The predicted molar refractivity (Wildman–Crippen MR) is 103 cm³/mol. The van der Waals surface area contributed by atoms with Crippen LogP contribution in [-0.4, -0.2) is 32.5 Å². The van der Waals surface area contributed by atoms with E-state index in [1.807, 2.05) is 30.3 Å². The first kappa shape index (κ1) is 16.9. The van der Waals surface area contributed by atoms with Crippen LogP contribution in [0.25, 0.3) is 32.3 Å². The molecule has 4 aromatic carbocycles. The largest absolute Gasteiger partial charge is 0.385 e. The first-order valence-electron chi connectivity index (χ1n) is 8.62. The van der Waals surface area contributed by atoms with Crippen LogP contribution >= 0.6 is 0 Å². The van der Waals surface area contributed by atoms with E-state index in [0.717, 1.165) is 32.5 Å². The Bertz CT molecular complexity index is 1100. The first-order chi connectivity index (χ1) is 12.4. The summed E-state index contributed by atoms with van der Waals surface area (Å²) in [4.78, 5) is 0. The average molecular weight is 348 g/mol. The van der Waals surface area contributed by atoms with Crippen molar-refractivity contribution in [2.75, 3.05) is 0 Å². The Labute approximate surface area is 150 Å². The van der Waals surface area contributed by atoms with Gasteiger partial charge in [-0.1, -0.05) is 54.6 Å². The van der Waals surface area contributed by atoms with Gasteiger partial charge in [-0.15, -0.1) is 0 Å². The van der Waals surface area contributed by atoms with E-state index < -0.39 is 12.1 Å². The van der Waals surface area contributed by atoms with Crippen molar-refractivity contribution in [2.24, 2.45) is 0 Å². The van der Waals surface area contributed by atoms with Crippen LogP contribution in [0.3, 0.4) is 0 Å². The maximum Gasteiger partial charge on any atom is 0.302 e. The van der Waals surface area contributed by atoms with Crippen LogP contribution in [0, 0.1) is 0 Å². The summed E-state index contributed by atoms with van der Waals surface area (Å²) < 4.78 is 0. The van der Waals surface area contributed by atoms with Crippen LogP contribution in [0.4, 0.5) is 0 Å². The lowest BCUT2D eigenvalue weighted by atomic mass is 9.93. The maximum absolute atomic E-state index is 9.72. The molecule has 4 heteroatoms. The zero-order valence-corrected chi connectivity index (χ0v) is 14.1. The Morgan fingerprint density at radius 3 is 2.12 bits per heavy atom. The first-order valence-corrected chi connectivity index (χ1v) is 8.62. The Hall–Kier alpha value is -2.50. The molecule has 4 rings (SSSR count). The van der Waals surface area contributed by atoms with Gasteiger partial charge < -0.3 is 20.4 Å². The number of aliphatic hydroxyl groups excluding tert-OH is 1. The highest BCUT2D eigenvalue weighted by molar-refractivity contribution is 6.13. The van der Waals surface area contributed by atoms with Crippen molar-refractivity contribution in [3.8, 4) is 0 Å². The third kappa shape index (κ3) is 3.04. The molecule has 0 aliphatic rings. The predicted octanol–water partition coefficient (Wildman–Crippen LogP) is 3.07. The van der Waals surface area contributed by atoms with Gasteiger partial charge in [-0.2, -0.15) is 0 Å². The van der Waals surface area contributed by atoms with E-state index >= 15 is 0 Å². The molecule has 0 amide bonds. The van der Waals surface area contributed by atoms with Crippen LogP contribution in [-0.2, 0) is 6.42 Å². The number of hydrogen-bond donors (Lipinski definition) is 4. The van der Waals surface area contributed by atoms with E-state index in [2.05, 4.69) is 36.4 Å². The Morgan fingerprint density at radius 2 is 1.38 bits per heavy atom. The number of aryl methyl sites for hydroxylation is 1. The molecule has 0 aliphatic heterocycles. The van der Waals surface area contributed by atoms with Gasteiger partial charge in [0.2, 0.25) is 0 Å². The summed E-state index contributed by atoms with van der Waals surface area (Å²) in [5.74, 6) is -3.08. The molecular formula is C22H20O4. The lowest BCUT2D eigenvalue weighted by Crippen LogP contribution is -2.42. The minimum Gasteiger partial charge on any atom is -0.385 e. The number of benzene rings is 4. The molecule has 132 valence electrons. The lowest BCUT2D eigenvalue weighted by Gasteiger charge is -2.21. The van der Waals surface area contributed by atoms with Gasteiger partial charge in [0.1, 0.15) is 6.10 Å². The van der Waals surface area contributed by atoms with Gasteiger partial charge >= 0.3 is 5.97 Å². The van der Waals surface area contributed by atoms with Crippen molar-refractivity contribution >= 4 is 32.3 Å². The van der Waals surface area contributed by atoms with Crippen molar-refractivity contribution in [1.29, 1.82) is 0 Å². The molecule has 4 N–H and O–H groups in total. The van der Waals surface area contributed by atoms with Crippen molar-refractivity contribution in [2.45, 2.75) is 24.9 Å². The van der Waals surface area contributed by atoms with Crippen LogP contribution in [0.5, 0.6) is 0 Å². The van der Waals surface area contributed by atoms with Gasteiger partial charge in [0.25, 0.3) is 0 Å². The van der Waals surface area contributed by atoms with E-state index in [0.29, 0.717) is 6.42 Å². The average Bonchev–Trinajstić information content (AvgIpc) is 2.63. The van der Waals surface area contributed by atoms with Crippen molar-refractivity contribution in [1.82, 2.24) is 0 Å². The lowest BCUT2D eigenvalue weighted by molar-refractivity contribution is -0.355. The van der Waals surface area contributed by atoms with Gasteiger partial charge in [0.15, 0.2) is 0 Å². The molecule has 4 aromatic rings. The van der Waals surface area contributed by atoms with Gasteiger partial charge in [0.05, 0.1) is 0 Å². The summed E-state index contributed by atoms with van der Waals surface area (Å²) >= 11 is 0. The molecule has 0 saturated carbocycles. The van der Waals surface area contributed by atoms with Gasteiger partial charge in [-0.05, 0) is 62.9 Å². The molecule has 4 nitrogen and oxygen atoms in total. The highest BCUT2D eigenvalue weighted by atomic mass is 16.7. The van der Waals surface area contributed by atoms with Crippen LogP contribution in [0.2, 0.25) is 0 Å². The van der Waals surface area contributed by atoms with Crippen molar-refractivity contribution in [3.63, 3.8) is 0 Å². The molecular weight excluding hydrogens is 328 g/mol. The second kappa shape index (κ2) is 6.34. The summed E-state index contributed by atoms with van der Waals surface area (Å²) in [5, 5.41) is 43.9. The smallest absolute Gasteiger partial charge is 0.302 e. The topological polar surface area (TPSA) is 80.9 Å². The molecule has 0 aliphatic carbocycles. The normalized spacial score (nSPS) is 13.5. The number of fused-ring (bicyclic) bond motifs is 4. The molecule has 0 aromatic heterocycles. The van der Waals surface area contributed by atoms with E-state index in [1.54, 1.807) is 0 Å². The monoisotopic (exact) mass is 348 g/mol. The molecule has 26 heavy (non-hydrogen) atoms. The summed E-state index contributed by atoms with van der Waals surface area (Å²) in [6.45, 7) is 0. The van der Waals surface area contributed by atoms with E-state index in [9.17, 15) is 5.11 Å². The molecule has 0 saturated heterocycles. The van der Waals surface area contributed by atoms with Crippen LogP contribution < -0.4 is 0 Å². The van der Waals surface area contributed by atoms with Crippen molar-refractivity contribution < 1.29 is 20.4 Å². The SMILES string of the molecule is OC(CCc1cccc2ccc3cc4ccccc4cc3c12)C(O)(O)O. The van der Waals surface area contributed by atoms with E-state index in [4.69, 9.17) is 15.3 Å². The fraction of sp³-hybridized carbons (Fsp3) is 0.182. The quantitative estimate of drug-likeness (QED) is 0.260. The van der Waals surface area contributed by atoms with Crippen LogP contribution in [0.1, 0.15) is 12.0 Å². The molecule has 0 bridgehead atoms. The summed E-state index contributed by atoms with van der Waals surface area (Å²) in [6.07, 6.45) is -1.19. The second-order valence-electron chi connectivity index (χ2n) is 6.74. The van der Waals surface area contributed by atoms with E-state index in [1.165, 1.54) is 5.39 Å². The van der Waals surface area contributed by atoms with Gasteiger partial charge in [-0.25, -0.2) is 0 Å². The summed E-state index contributed by atoms with van der Waals surface area (Å²) in [7, 11) is 0. The Kier molecular flexibility index (Phi) is 4.13. The third-order valence-electron chi connectivity index (χ3n) is 4.95. The van der Waals surface area contributed by atoms with Gasteiger partial charge in [0, 0.05) is 0 Å². The van der Waals surface area contributed by atoms with Gasteiger partial charge in [-0.3, -0.25) is 0 Å². The highest BCUT2D eigenvalue weighted by Crippen LogP contribution is 2.32. The number of aliphatic hydroxyl groups is 4. The standard InChI is InChI=1S/C22H20O4/c23-20(22(24,25)26)11-10-15-7-3-6-14-8-9-18-12-16-4-1-2-5-17(16)13-19(18)21(14)15/h1-9,12-13,20,23-26H,10-11H2. The fourth-order valence-corrected chi connectivity index (χ4v) is 3.57. The second-order valence-corrected chi connectivity index (χ2v) is 6.74.